The molecular weight excluding hydrogens is 272 g/mol. The largest absolute Gasteiger partial charge is 0.493 e. The Hall–Kier alpha value is -1.79. The number of amides is 1. The lowest BCUT2D eigenvalue weighted by Crippen LogP contribution is -2.54. The maximum absolute atomic E-state index is 12.3. The minimum absolute atomic E-state index is 0.182. The second-order valence-electron chi connectivity index (χ2n) is 5.27. The highest BCUT2D eigenvalue weighted by Gasteiger charge is 2.38. The predicted molar refractivity (Wildman–Crippen MR) is 78.5 cm³/mol. The standard InChI is InChI=1S/C15H22N2O4/c1-10(17-14(18)15(16)6-7-21-9-15)11-4-5-12(19-2)13(8-11)20-3/h4-5,8,10H,6-7,9,16H2,1-3H3,(H,17,18). The van der Waals surface area contributed by atoms with E-state index in [0.717, 1.165) is 5.56 Å². The summed E-state index contributed by atoms with van der Waals surface area (Å²) in [4.78, 5) is 12.3. The van der Waals surface area contributed by atoms with E-state index in [0.29, 0.717) is 24.5 Å². The zero-order valence-corrected chi connectivity index (χ0v) is 12.6. The fraction of sp³-hybridized carbons (Fsp3) is 0.533. The Bertz CT molecular complexity index is 512. The average molecular weight is 294 g/mol. The van der Waals surface area contributed by atoms with Crippen LogP contribution < -0.4 is 20.5 Å². The van der Waals surface area contributed by atoms with Gasteiger partial charge in [0.15, 0.2) is 11.5 Å². The first-order valence-electron chi connectivity index (χ1n) is 6.89. The molecule has 1 aromatic carbocycles. The van der Waals surface area contributed by atoms with Gasteiger partial charge in [-0.1, -0.05) is 6.07 Å². The summed E-state index contributed by atoms with van der Waals surface area (Å²) in [7, 11) is 3.16. The van der Waals surface area contributed by atoms with E-state index in [9.17, 15) is 4.79 Å². The van der Waals surface area contributed by atoms with Crippen LogP contribution in [-0.2, 0) is 9.53 Å². The van der Waals surface area contributed by atoms with E-state index in [1.807, 2.05) is 25.1 Å². The molecule has 1 saturated heterocycles. The molecular formula is C15H22N2O4. The van der Waals surface area contributed by atoms with Crippen molar-refractivity contribution in [1.29, 1.82) is 0 Å². The van der Waals surface area contributed by atoms with Crippen molar-refractivity contribution < 1.29 is 19.0 Å². The third-order valence-electron chi connectivity index (χ3n) is 3.76. The topological polar surface area (TPSA) is 82.8 Å². The van der Waals surface area contributed by atoms with Gasteiger partial charge in [-0.2, -0.15) is 0 Å². The number of ether oxygens (including phenoxy) is 3. The van der Waals surface area contributed by atoms with E-state index in [1.165, 1.54) is 0 Å². The van der Waals surface area contributed by atoms with Crippen LogP contribution in [0.2, 0.25) is 0 Å². The molecule has 1 heterocycles. The Labute approximate surface area is 124 Å². The van der Waals surface area contributed by atoms with Gasteiger partial charge in [0.1, 0.15) is 5.54 Å². The molecule has 116 valence electrons. The van der Waals surface area contributed by atoms with Gasteiger partial charge in [0, 0.05) is 6.61 Å². The second kappa shape index (κ2) is 6.32. The van der Waals surface area contributed by atoms with Crippen molar-refractivity contribution in [2.45, 2.75) is 24.9 Å². The number of nitrogens with one attached hydrogen (secondary N) is 1. The average Bonchev–Trinajstić information content (AvgIpc) is 2.94. The minimum Gasteiger partial charge on any atom is -0.493 e. The summed E-state index contributed by atoms with van der Waals surface area (Å²) in [6.45, 7) is 2.68. The van der Waals surface area contributed by atoms with Crippen molar-refractivity contribution in [2.75, 3.05) is 27.4 Å². The molecule has 0 spiro atoms. The monoisotopic (exact) mass is 294 g/mol. The van der Waals surface area contributed by atoms with Crippen LogP contribution in [0.25, 0.3) is 0 Å². The summed E-state index contributed by atoms with van der Waals surface area (Å²) >= 11 is 0. The lowest BCUT2D eigenvalue weighted by Gasteiger charge is -2.24. The Morgan fingerprint density at radius 2 is 2.10 bits per heavy atom. The summed E-state index contributed by atoms with van der Waals surface area (Å²) in [5, 5.41) is 2.93. The maximum atomic E-state index is 12.3. The molecule has 0 bridgehead atoms. The summed E-state index contributed by atoms with van der Waals surface area (Å²) in [5.41, 5.74) is 6.04. The first-order valence-corrected chi connectivity index (χ1v) is 6.89. The van der Waals surface area contributed by atoms with Crippen LogP contribution in [0.3, 0.4) is 0 Å². The smallest absolute Gasteiger partial charge is 0.243 e. The SMILES string of the molecule is COc1ccc(C(C)NC(=O)C2(N)CCOC2)cc1OC. The Morgan fingerprint density at radius 3 is 2.67 bits per heavy atom. The Balaban J connectivity index is 2.09. The summed E-state index contributed by atoms with van der Waals surface area (Å²) < 4.78 is 15.7. The number of nitrogens with two attached hydrogens (primary N) is 1. The van der Waals surface area contributed by atoms with Crippen molar-refractivity contribution in [2.24, 2.45) is 5.73 Å². The van der Waals surface area contributed by atoms with Gasteiger partial charge in [-0.25, -0.2) is 0 Å². The lowest BCUT2D eigenvalue weighted by atomic mass is 9.98. The molecule has 1 aliphatic rings. The molecule has 2 atom stereocenters. The number of hydrogen-bond acceptors (Lipinski definition) is 5. The normalized spacial score (nSPS) is 22.7. The van der Waals surface area contributed by atoms with Crippen molar-refractivity contribution in [1.82, 2.24) is 5.32 Å². The third-order valence-corrected chi connectivity index (χ3v) is 3.76. The van der Waals surface area contributed by atoms with E-state index in [-0.39, 0.29) is 18.6 Å². The highest BCUT2D eigenvalue weighted by molar-refractivity contribution is 5.86. The molecule has 0 saturated carbocycles. The first-order chi connectivity index (χ1) is 10.00. The third kappa shape index (κ3) is 3.28. The van der Waals surface area contributed by atoms with Crippen LogP contribution in [-0.4, -0.2) is 38.9 Å². The molecule has 3 N–H and O–H groups in total. The summed E-state index contributed by atoms with van der Waals surface area (Å²) in [5.74, 6) is 1.09. The van der Waals surface area contributed by atoms with E-state index in [2.05, 4.69) is 5.32 Å². The van der Waals surface area contributed by atoms with Crippen molar-refractivity contribution in [3.63, 3.8) is 0 Å². The highest BCUT2D eigenvalue weighted by atomic mass is 16.5. The van der Waals surface area contributed by atoms with Gasteiger partial charge >= 0.3 is 0 Å². The van der Waals surface area contributed by atoms with Crippen LogP contribution in [0.4, 0.5) is 0 Å². The van der Waals surface area contributed by atoms with Crippen LogP contribution in [0.15, 0.2) is 18.2 Å². The minimum atomic E-state index is -0.926. The molecule has 1 amide bonds. The van der Waals surface area contributed by atoms with Gasteiger partial charge in [0.25, 0.3) is 0 Å². The predicted octanol–water partition coefficient (Wildman–Crippen LogP) is 0.999. The molecule has 21 heavy (non-hydrogen) atoms. The Morgan fingerprint density at radius 1 is 1.38 bits per heavy atom. The van der Waals surface area contributed by atoms with Crippen LogP contribution in [0, 0.1) is 0 Å². The van der Waals surface area contributed by atoms with Gasteiger partial charge in [0.2, 0.25) is 5.91 Å². The molecule has 2 rings (SSSR count). The number of methoxy groups -OCH3 is 2. The number of hydrogen-bond donors (Lipinski definition) is 2. The molecule has 6 nitrogen and oxygen atoms in total. The van der Waals surface area contributed by atoms with Crippen molar-refractivity contribution >= 4 is 5.91 Å². The molecule has 0 aromatic heterocycles. The quantitative estimate of drug-likeness (QED) is 0.846. The summed E-state index contributed by atoms with van der Waals surface area (Å²) in [6.07, 6.45) is 0.539. The number of carbonyl (C=O) groups is 1. The molecule has 1 fully saturated rings. The Kier molecular flexibility index (Phi) is 4.69. The molecule has 1 aliphatic heterocycles. The van der Waals surface area contributed by atoms with E-state index in [4.69, 9.17) is 19.9 Å². The molecule has 0 radical (unpaired) electrons. The molecule has 6 heteroatoms. The van der Waals surface area contributed by atoms with E-state index >= 15 is 0 Å². The number of carbonyl (C=O) groups excluding carboxylic acids is 1. The van der Waals surface area contributed by atoms with Crippen LogP contribution in [0.1, 0.15) is 24.9 Å². The van der Waals surface area contributed by atoms with Gasteiger partial charge in [0.05, 0.1) is 26.9 Å². The maximum Gasteiger partial charge on any atom is 0.243 e. The van der Waals surface area contributed by atoms with Gasteiger partial charge < -0.3 is 25.3 Å². The van der Waals surface area contributed by atoms with Gasteiger partial charge in [-0.3, -0.25) is 4.79 Å². The zero-order valence-electron chi connectivity index (χ0n) is 12.6. The molecule has 1 aromatic rings. The molecule has 2 unspecified atom stereocenters. The van der Waals surface area contributed by atoms with Crippen molar-refractivity contribution in [3.05, 3.63) is 23.8 Å². The van der Waals surface area contributed by atoms with E-state index in [1.54, 1.807) is 14.2 Å². The van der Waals surface area contributed by atoms with Crippen LogP contribution in [0.5, 0.6) is 11.5 Å². The van der Waals surface area contributed by atoms with Gasteiger partial charge in [-0.05, 0) is 31.0 Å². The van der Waals surface area contributed by atoms with Gasteiger partial charge in [-0.15, -0.1) is 0 Å². The van der Waals surface area contributed by atoms with E-state index < -0.39 is 5.54 Å². The molecule has 0 aliphatic carbocycles. The van der Waals surface area contributed by atoms with Crippen LogP contribution >= 0.6 is 0 Å². The van der Waals surface area contributed by atoms with Crippen molar-refractivity contribution in [3.8, 4) is 11.5 Å². The first kappa shape index (κ1) is 15.6. The fourth-order valence-electron chi connectivity index (χ4n) is 2.31. The lowest BCUT2D eigenvalue weighted by molar-refractivity contribution is -0.127. The summed E-state index contributed by atoms with van der Waals surface area (Å²) in [6, 6.07) is 5.37. The highest BCUT2D eigenvalue weighted by Crippen LogP contribution is 2.30. The zero-order chi connectivity index (χ0) is 15.5. The fourth-order valence-corrected chi connectivity index (χ4v) is 2.31. The number of rotatable bonds is 5. The number of benzene rings is 1. The second-order valence-corrected chi connectivity index (χ2v) is 5.27.